The van der Waals surface area contributed by atoms with E-state index in [1.165, 1.54) is 13.0 Å². The van der Waals surface area contributed by atoms with E-state index in [1.807, 2.05) is 0 Å². The summed E-state index contributed by atoms with van der Waals surface area (Å²) >= 11 is 6.01. The van der Waals surface area contributed by atoms with Crippen molar-refractivity contribution in [2.24, 2.45) is 0 Å². The number of hydrogen-bond acceptors (Lipinski definition) is 7. The zero-order valence-corrected chi connectivity index (χ0v) is 14.6. The minimum Gasteiger partial charge on any atom is -0.465 e. The van der Waals surface area contributed by atoms with Gasteiger partial charge in [-0.2, -0.15) is 0 Å². The molecule has 0 saturated carbocycles. The first-order valence-corrected chi connectivity index (χ1v) is 7.63. The van der Waals surface area contributed by atoms with E-state index in [9.17, 15) is 20.0 Å². The maximum Gasteiger partial charge on any atom is 0.339 e. The SMILES string of the molecule is COC(=O)c1cc([N+](=O)[O-])c(NCC(C)(O)c2ccc(C)o2)cc1Cl. The fraction of sp³-hybridized carbons (Fsp3) is 0.312. The highest BCUT2D eigenvalue weighted by Crippen LogP contribution is 2.33. The molecule has 8 nitrogen and oxygen atoms in total. The molecule has 0 amide bonds. The van der Waals surface area contributed by atoms with E-state index in [0.717, 1.165) is 13.2 Å². The Balaban J connectivity index is 2.31. The maximum atomic E-state index is 11.6. The molecule has 0 aliphatic heterocycles. The quantitative estimate of drug-likeness (QED) is 0.456. The van der Waals surface area contributed by atoms with Gasteiger partial charge in [0.1, 0.15) is 22.8 Å². The number of anilines is 1. The lowest BCUT2D eigenvalue weighted by atomic mass is 10.0. The molecule has 25 heavy (non-hydrogen) atoms. The van der Waals surface area contributed by atoms with Crippen LogP contribution in [0.5, 0.6) is 0 Å². The third-order valence-electron chi connectivity index (χ3n) is 3.58. The minimum absolute atomic E-state index is 0.00608. The average Bonchev–Trinajstić information content (AvgIpc) is 2.99. The van der Waals surface area contributed by atoms with Crippen molar-refractivity contribution in [2.45, 2.75) is 19.4 Å². The average molecular weight is 369 g/mol. The fourth-order valence-corrected chi connectivity index (χ4v) is 2.44. The van der Waals surface area contributed by atoms with Crippen molar-refractivity contribution in [1.29, 1.82) is 0 Å². The van der Waals surface area contributed by atoms with Gasteiger partial charge in [0.2, 0.25) is 0 Å². The van der Waals surface area contributed by atoms with Crippen molar-refractivity contribution in [1.82, 2.24) is 0 Å². The molecule has 0 aliphatic rings. The second-order valence-electron chi connectivity index (χ2n) is 5.64. The Kier molecular flexibility index (Phi) is 5.34. The van der Waals surface area contributed by atoms with Crippen LogP contribution in [-0.4, -0.2) is 29.7 Å². The van der Waals surface area contributed by atoms with Crippen LogP contribution in [0.1, 0.15) is 28.8 Å². The number of aliphatic hydroxyl groups is 1. The van der Waals surface area contributed by atoms with Crippen LogP contribution in [0.25, 0.3) is 0 Å². The van der Waals surface area contributed by atoms with Crippen LogP contribution >= 0.6 is 11.6 Å². The van der Waals surface area contributed by atoms with Gasteiger partial charge in [-0.25, -0.2) is 4.79 Å². The van der Waals surface area contributed by atoms with E-state index in [1.54, 1.807) is 19.1 Å². The number of nitrogens with zero attached hydrogens (tertiary/aromatic N) is 1. The Labute approximate surface area is 148 Å². The molecule has 0 fully saturated rings. The number of aryl methyl sites for hydroxylation is 1. The van der Waals surface area contributed by atoms with Gasteiger partial charge in [0.25, 0.3) is 5.69 Å². The second-order valence-corrected chi connectivity index (χ2v) is 6.04. The number of ether oxygens (including phenoxy) is 1. The number of nitrogens with one attached hydrogen (secondary N) is 1. The number of rotatable bonds is 6. The van der Waals surface area contributed by atoms with E-state index < -0.39 is 16.5 Å². The first-order valence-electron chi connectivity index (χ1n) is 7.25. The zero-order valence-electron chi connectivity index (χ0n) is 13.8. The number of esters is 1. The molecule has 9 heteroatoms. The molecule has 0 aliphatic carbocycles. The predicted molar refractivity (Wildman–Crippen MR) is 91.0 cm³/mol. The molecule has 0 radical (unpaired) electrons. The molecule has 2 rings (SSSR count). The molecular weight excluding hydrogens is 352 g/mol. The number of nitro benzene ring substituents is 1. The summed E-state index contributed by atoms with van der Waals surface area (Å²) in [4.78, 5) is 22.3. The summed E-state index contributed by atoms with van der Waals surface area (Å²) in [7, 11) is 1.15. The predicted octanol–water partition coefficient (Wildman–Crippen LogP) is 3.26. The number of nitro groups is 1. The summed E-state index contributed by atoms with van der Waals surface area (Å²) in [6.07, 6.45) is 0. The van der Waals surface area contributed by atoms with Gasteiger partial charge in [0.15, 0.2) is 0 Å². The number of carbonyl (C=O) groups is 1. The fourth-order valence-electron chi connectivity index (χ4n) is 2.20. The van der Waals surface area contributed by atoms with Crippen molar-refractivity contribution in [3.8, 4) is 0 Å². The molecule has 0 saturated heterocycles. The van der Waals surface area contributed by atoms with Gasteiger partial charge in [0.05, 0.1) is 29.2 Å². The van der Waals surface area contributed by atoms with Crippen LogP contribution in [0.2, 0.25) is 5.02 Å². The summed E-state index contributed by atoms with van der Waals surface area (Å²) in [5.74, 6) is 0.168. The van der Waals surface area contributed by atoms with Crippen molar-refractivity contribution < 1.29 is 24.0 Å². The van der Waals surface area contributed by atoms with Crippen LogP contribution in [-0.2, 0) is 10.3 Å². The summed E-state index contributed by atoms with van der Waals surface area (Å²) in [6.45, 7) is 3.17. The number of halogens is 1. The van der Waals surface area contributed by atoms with Gasteiger partial charge < -0.3 is 19.6 Å². The molecule has 1 atom stereocenters. The van der Waals surface area contributed by atoms with Gasteiger partial charge >= 0.3 is 5.97 Å². The number of benzene rings is 1. The van der Waals surface area contributed by atoms with E-state index in [4.69, 9.17) is 16.0 Å². The first-order chi connectivity index (χ1) is 11.7. The van der Waals surface area contributed by atoms with Gasteiger partial charge in [-0.05, 0) is 32.0 Å². The molecule has 1 aromatic carbocycles. The lowest BCUT2D eigenvalue weighted by molar-refractivity contribution is -0.384. The van der Waals surface area contributed by atoms with Crippen LogP contribution < -0.4 is 5.32 Å². The monoisotopic (exact) mass is 368 g/mol. The molecule has 1 heterocycles. The van der Waals surface area contributed by atoms with Gasteiger partial charge in [-0.15, -0.1) is 0 Å². The Morgan fingerprint density at radius 3 is 2.68 bits per heavy atom. The molecule has 0 spiro atoms. The molecule has 134 valence electrons. The van der Waals surface area contributed by atoms with Crippen molar-refractivity contribution >= 4 is 28.9 Å². The van der Waals surface area contributed by atoms with Crippen molar-refractivity contribution in [3.05, 3.63) is 56.5 Å². The summed E-state index contributed by atoms with van der Waals surface area (Å²) < 4.78 is 9.94. The zero-order chi connectivity index (χ0) is 18.8. The van der Waals surface area contributed by atoms with Crippen molar-refractivity contribution in [2.75, 3.05) is 19.0 Å². The number of carbonyl (C=O) groups excluding carboxylic acids is 1. The highest BCUT2D eigenvalue weighted by atomic mass is 35.5. The molecule has 1 unspecified atom stereocenters. The van der Waals surface area contributed by atoms with Crippen molar-refractivity contribution in [3.63, 3.8) is 0 Å². The highest BCUT2D eigenvalue weighted by Gasteiger charge is 2.29. The second kappa shape index (κ2) is 7.12. The summed E-state index contributed by atoms with van der Waals surface area (Å²) in [5, 5.41) is 24.6. The van der Waals surface area contributed by atoms with Crippen LogP contribution in [0.15, 0.2) is 28.7 Å². The van der Waals surface area contributed by atoms with Crippen LogP contribution in [0.3, 0.4) is 0 Å². The molecular formula is C16H17ClN2O6. The van der Waals surface area contributed by atoms with Gasteiger partial charge in [-0.3, -0.25) is 10.1 Å². The largest absolute Gasteiger partial charge is 0.465 e. The lowest BCUT2D eigenvalue weighted by Gasteiger charge is -2.22. The number of methoxy groups -OCH3 is 1. The molecule has 1 aromatic heterocycles. The van der Waals surface area contributed by atoms with Crippen LogP contribution in [0, 0.1) is 17.0 Å². The topological polar surface area (TPSA) is 115 Å². The van der Waals surface area contributed by atoms with Gasteiger partial charge in [0, 0.05) is 6.07 Å². The Bertz CT molecular complexity index is 815. The lowest BCUT2D eigenvalue weighted by Crippen LogP contribution is -2.30. The number of hydrogen-bond donors (Lipinski definition) is 2. The third kappa shape index (κ3) is 4.09. The van der Waals surface area contributed by atoms with E-state index >= 15 is 0 Å². The summed E-state index contributed by atoms with van der Waals surface area (Å²) in [5.41, 5.74) is -1.83. The minimum atomic E-state index is -1.41. The Morgan fingerprint density at radius 1 is 1.48 bits per heavy atom. The van der Waals surface area contributed by atoms with Crippen LogP contribution in [0.4, 0.5) is 11.4 Å². The van der Waals surface area contributed by atoms with E-state index in [-0.39, 0.29) is 28.5 Å². The van der Waals surface area contributed by atoms with E-state index in [2.05, 4.69) is 10.1 Å². The first kappa shape index (κ1) is 18.8. The third-order valence-corrected chi connectivity index (χ3v) is 3.89. The Hall–Kier alpha value is -2.58. The Morgan fingerprint density at radius 2 is 2.16 bits per heavy atom. The highest BCUT2D eigenvalue weighted by molar-refractivity contribution is 6.34. The molecule has 0 bridgehead atoms. The van der Waals surface area contributed by atoms with Gasteiger partial charge in [-0.1, -0.05) is 11.6 Å². The standard InChI is InChI=1S/C16H17ClN2O6/c1-9-4-5-14(25-9)16(2,21)8-18-12-7-11(17)10(15(20)24-3)6-13(12)19(22)23/h4-7,18,21H,8H2,1-3H3. The summed E-state index contributed by atoms with van der Waals surface area (Å²) in [6, 6.07) is 5.60. The molecule has 2 N–H and O–H groups in total. The van der Waals surface area contributed by atoms with E-state index in [0.29, 0.717) is 11.5 Å². The smallest absolute Gasteiger partial charge is 0.339 e. The molecule has 2 aromatic rings. The maximum absolute atomic E-state index is 11.6. The normalized spacial score (nSPS) is 13.2. The number of furan rings is 1.